The molecule has 8 heteroatoms. The molecular weight excluding hydrogens is 361 g/mol. The van der Waals surface area contributed by atoms with E-state index < -0.39 is 11.7 Å². The van der Waals surface area contributed by atoms with Gasteiger partial charge in [-0.3, -0.25) is 19.3 Å². The Morgan fingerprint density at radius 1 is 1.18 bits per heavy atom. The molecule has 28 heavy (non-hydrogen) atoms. The number of benzene rings is 1. The highest BCUT2D eigenvalue weighted by Gasteiger charge is 2.27. The summed E-state index contributed by atoms with van der Waals surface area (Å²) in [7, 11) is 0. The van der Waals surface area contributed by atoms with Gasteiger partial charge in [0.25, 0.3) is 11.8 Å². The van der Waals surface area contributed by atoms with Crippen LogP contribution in [0.15, 0.2) is 54.9 Å². The number of nitrogens with one attached hydrogen (secondary N) is 2. The normalized spacial score (nSPS) is 15.1. The molecule has 1 aliphatic heterocycles. The lowest BCUT2D eigenvalue weighted by Gasteiger charge is -2.12. The first-order valence-corrected chi connectivity index (χ1v) is 8.89. The molecule has 0 aliphatic carbocycles. The highest BCUT2D eigenvalue weighted by Crippen LogP contribution is 2.17. The minimum Gasteiger partial charge on any atom is -0.347 e. The van der Waals surface area contributed by atoms with Crippen molar-refractivity contribution < 1.29 is 14.0 Å². The van der Waals surface area contributed by atoms with Crippen LogP contribution < -0.4 is 10.6 Å². The SMILES string of the molecule is O=C(NCc1ccccc1)c1cc2n(n1)CC(NC(=O)c1ccncc1F)C2. The molecule has 0 saturated carbocycles. The van der Waals surface area contributed by atoms with Crippen LogP contribution in [-0.4, -0.2) is 32.6 Å². The van der Waals surface area contributed by atoms with Crippen LogP contribution in [0.3, 0.4) is 0 Å². The van der Waals surface area contributed by atoms with Crippen molar-refractivity contribution in [3.63, 3.8) is 0 Å². The van der Waals surface area contributed by atoms with E-state index in [-0.39, 0.29) is 17.5 Å². The molecular formula is C20H18FN5O2. The van der Waals surface area contributed by atoms with Crippen LogP contribution in [0.5, 0.6) is 0 Å². The number of hydrogen-bond acceptors (Lipinski definition) is 4. The van der Waals surface area contributed by atoms with E-state index in [1.54, 1.807) is 10.7 Å². The molecule has 1 atom stereocenters. The molecule has 0 bridgehead atoms. The second kappa shape index (κ2) is 7.59. The lowest BCUT2D eigenvalue weighted by molar-refractivity contribution is 0.0924. The van der Waals surface area contributed by atoms with E-state index in [9.17, 15) is 14.0 Å². The van der Waals surface area contributed by atoms with Crippen LogP contribution in [0.2, 0.25) is 0 Å². The maximum Gasteiger partial charge on any atom is 0.272 e. The quantitative estimate of drug-likeness (QED) is 0.706. The molecule has 2 N–H and O–H groups in total. The minimum absolute atomic E-state index is 0.0412. The molecule has 0 spiro atoms. The molecule has 142 valence electrons. The van der Waals surface area contributed by atoms with Gasteiger partial charge in [0.2, 0.25) is 0 Å². The van der Waals surface area contributed by atoms with E-state index in [1.807, 2.05) is 30.3 Å². The summed E-state index contributed by atoms with van der Waals surface area (Å²) in [5.41, 5.74) is 2.16. The molecule has 0 saturated heterocycles. The summed E-state index contributed by atoms with van der Waals surface area (Å²) in [4.78, 5) is 28.2. The lowest BCUT2D eigenvalue weighted by Crippen LogP contribution is -2.36. The third-order valence-corrected chi connectivity index (χ3v) is 4.59. The van der Waals surface area contributed by atoms with Gasteiger partial charge in [0, 0.05) is 24.9 Å². The first-order valence-electron chi connectivity index (χ1n) is 8.89. The monoisotopic (exact) mass is 379 g/mol. The third kappa shape index (κ3) is 3.75. The van der Waals surface area contributed by atoms with Gasteiger partial charge in [0.1, 0.15) is 5.69 Å². The van der Waals surface area contributed by atoms with E-state index in [0.717, 1.165) is 17.5 Å². The van der Waals surface area contributed by atoms with Crippen molar-refractivity contribution in [3.05, 3.63) is 83.2 Å². The first-order chi connectivity index (χ1) is 13.6. The minimum atomic E-state index is -0.659. The Kier molecular flexibility index (Phi) is 4.84. The van der Waals surface area contributed by atoms with E-state index in [0.29, 0.717) is 25.2 Å². The third-order valence-electron chi connectivity index (χ3n) is 4.59. The van der Waals surface area contributed by atoms with Gasteiger partial charge in [0.15, 0.2) is 5.82 Å². The van der Waals surface area contributed by atoms with E-state index in [1.165, 1.54) is 12.3 Å². The molecule has 0 radical (unpaired) electrons. The number of carbonyl (C=O) groups is 2. The Morgan fingerprint density at radius 2 is 2.00 bits per heavy atom. The zero-order chi connectivity index (χ0) is 19.5. The molecule has 1 aromatic carbocycles. The second-order valence-corrected chi connectivity index (χ2v) is 6.60. The number of halogens is 1. The molecule has 2 aromatic heterocycles. The number of amides is 2. The van der Waals surface area contributed by atoms with Crippen LogP contribution in [-0.2, 0) is 19.5 Å². The van der Waals surface area contributed by atoms with Crippen molar-refractivity contribution >= 4 is 11.8 Å². The summed E-state index contributed by atoms with van der Waals surface area (Å²) < 4.78 is 15.4. The Labute approximate surface area is 160 Å². The van der Waals surface area contributed by atoms with Crippen LogP contribution in [0.1, 0.15) is 32.1 Å². The number of nitrogens with zero attached hydrogens (tertiary/aromatic N) is 3. The Bertz CT molecular complexity index is 995. The number of fused-ring (bicyclic) bond motifs is 1. The number of hydrogen-bond donors (Lipinski definition) is 2. The summed E-state index contributed by atoms with van der Waals surface area (Å²) in [6, 6.07) is 12.5. The van der Waals surface area contributed by atoms with Gasteiger partial charge >= 0.3 is 0 Å². The van der Waals surface area contributed by atoms with Crippen LogP contribution in [0, 0.1) is 5.82 Å². The Morgan fingerprint density at radius 3 is 2.75 bits per heavy atom. The standard InChI is InChI=1S/C20H18FN5O2/c21-17-11-22-7-6-16(17)19(27)24-14-8-15-9-18(25-26(15)12-14)20(28)23-10-13-4-2-1-3-5-13/h1-7,9,11,14H,8,10,12H2,(H,23,28)(H,24,27). The molecule has 2 amide bonds. The number of aromatic nitrogens is 3. The highest BCUT2D eigenvalue weighted by atomic mass is 19.1. The maximum atomic E-state index is 13.7. The fourth-order valence-electron chi connectivity index (χ4n) is 3.20. The second-order valence-electron chi connectivity index (χ2n) is 6.60. The smallest absolute Gasteiger partial charge is 0.272 e. The molecule has 3 aromatic rings. The number of pyridine rings is 1. The first kappa shape index (κ1) is 17.8. The average molecular weight is 379 g/mol. The van der Waals surface area contributed by atoms with E-state index in [4.69, 9.17) is 0 Å². The van der Waals surface area contributed by atoms with Gasteiger partial charge in [-0.1, -0.05) is 30.3 Å². The summed E-state index contributed by atoms with van der Waals surface area (Å²) in [5, 5.41) is 9.96. The van der Waals surface area contributed by atoms with Gasteiger partial charge in [-0.05, 0) is 17.7 Å². The van der Waals surface area contributed by atoms with Gasteiger partial charge in [-0.25, -0.2) is 4.39 Å². The van der Waals surface area contributed by atoms with Gasteiger partial charge in [-0.2, -0.15) is 5.10 Å². The molecule has 1 aliphatic rings. The van der Waals surface area contributed by atoms with Crippen LogP contribution in [0.4, 0.5) is 4.39 Å². The summed E-state index contributed by atoms with van der Waals surface area (Å²) in [6.07, 6.45) is 2.91. The van der Waals surface area contributed by atoms with E-state index >= 15 is 0 Å². The van der Waals surface area contributed by atoms with Crippen molar-refractivity contribution in [2.45, 2.75) is 25.6 Å². The lowest BCUT2D eigenvalue weighted by atomic mass is 10.1. The zero-order valence-electron chi connectivity index (χ0n) is 14.9. The van der Waals surface area contributed by atoms with Crippen LogP contribution in [0.25, 0.3) is 0 Å². The maximum absolute atomic E-state index is 13.7. The molecule has 7 nitrogen and oxygen atoms in total. The Hall–Kier alpha value is -3.55. The van der Waals surface area contributed by atoms with Crippen molar-refractivity contribution in [2.24, 2.45) is 0 Å². The summed E-state index contributed by atoms with van der Waals surface area (Å²) >= 11 is 0. The van der Waals surface area contributed by atoms with Crippen molar-refractivity contribution in [3.8, 4) is 0 Å². The number of carbonyl (C=O) groups excluding carboxylic acids is 2. The summed E-state index contributed by atoms with van der Waals surface area (Å²) in [5.74, 6) is -1.39. The van der Waals surface area contributed by atoms with E-state index in [2.05, 4.69) is 20.7 Å². The highest BCUT2D eigenvalue weighted by molar-refractivity contribution is 5.94. The van der Waals surface area contributed by atoms with Crippen molar-refractivity contribution in [1.29, 1.82) is 0 Å². The summed E-state index contributed by atoms with van der Waals surface area (Å²) in [6.45, 7) is 0.859. The predicted molar refractivity (Wildman–Crippen MR) is 99.0 cm³/mol. The average Bonchev–Trinajstić information content (AvgIpc) is 3.26. The molecule has 0 fully saturated rings. The van der Waals surface area contributed by atoms with Crippen LogP contribution >= 0.6 is 0 Å². The van der Waals surface area contributed by atoms with Gasteiger partial charge in [-0.15, -0.1) is 0 Å². The van der Waals surface area contributed by atoms with Crippen molar-refractivity contribution in [1.82, 2.24) is 25.4 Å². The predicted octanol–water partition coefficient (Wildman–Crippen LogP) is 1.70. The Balaban J connectivity index is 1.34. The van der Waals surface area contributed by atoms with Gasteiger partial charge < -0.3 is 10.6 Å². The van der Waals surface area contributed by atoms with Crippen molar-refractivity contribution in [2.75, 3.05) is 0 Å². The molecule has 4 rings (SSSR count). The zero-order valence-corrected chi connectivity index (χ0v) is 14.9. The topological polar surface area (TPSA) is 88.9 Å². The fraction of sp³-hybridized carbons (Fsp3) is 0.200. The largest absolute Gasteiger partial charge is 0.347 e. The fourth-order valence-corrected chi connectivity index (χ4v) is 3.20. The molecule has 1 unspecified atom stereocenters. The molecule has 3 heterocycles. The number of rotatable bonds is 5. The van der Waals surface area contributed by atoms with Gasteiger partial charge in [0.05, 0.1) is 24.3 Å².